The molecule has 31 heavy (non-hydrogen) atoms. The van der Waals surface area contributed by atoms with E-state index in [0.29, 0.717) is 30.4 Å². The normalized spacial score (nSPS) is 10.6. The molecule has 0 spiro atoms. The number of nitrogens with one attached hydrogen (secondary N) is 2. The summed E-state index contributed by atoms with van der Waals surface area (Å²) < 4.78 is 5.52. The van der Waals surface area contributed by atoms with E-state index in [2.05, 4.69) is 27.5 Å². The lowest BCUT2D eigenvalue weighted by Crippen LogP contribution is -2.25. The minimum absolute atomic E-state index is 0.0962. The summed E-state index contributed by atoms with van der Waals surface area (Å²) >= 11 is 0. The second-order valence-corrected chi connectivity index (χ2v) is 7.33. The number of ether oxygens (including phenoxy) is 1. The SMILES string of the molecule is CCCCOCCCNC(=O)c1cccc(Nc2cc(-c3ccccc3)nc(C)n2)c1. The maximum atomic E-state index is 12.5. The standard InChI is InChI=1S/C25H30N4O2/c1-3-4-15-31-16-9-14-26-25(30)21-12-8-13-22(17-21)29-24-18-23(27-19(2)28-24)20-10-6-5-7-11-20/h5-8,10-13,17-18H,3-4,9,14-16H2,1-2H3,(H,26,30)(H,27,28,29). The first-order valence-corrected chi connectivity index (χ1v) is 10.8. The van der Waals surface area contributed by atoms with E-state index in [4.69, 9.17) is 4.74 Å². The quantitative estimate of drug-likeness (QED) is 0.422. The molecule has 1 amide bonds. The van der Waals surface area contributed by atoms with Crippen LogP contribution in [0, 0.1) is 6.92 Å². The lowest BCUT2D eigenvalue weighted by Gasteiger charge is -2.11. The van der Waals surface area contributed by atoms with Crippen LogP contribution in [0.4, 0.5) is 11.5 Å². The van der Waals surface area contributed by atoms with E-state index in [9.17, 15) is 4.79 Å². The van der Waals surface area contributed by atoms with Gasteiger partial charge in [-0.05, 0) is 38.0 Å². The first-order chi connectivity index (χ1) is 15.2. The molecule has 0 aliphatic heterocycles. The number of carbonyl (C=O) groups is 1. The summed E-state index contributed by atoms with van der Waals surface area (Å²) in [5.74, 6) is 1.27. The highest BCUT2D eigenvalue weighted by Crippen LogP contribution is 2.22. The molecule has 162 valence electrons. The molecule has 6 nitrogen and oxygen atoms in total. The molecular formula is C25H30N4O2. The predicted octanol–water partition coefficient (Wildman–Crippen LogP) is 5.13. The number of aromatic nitrogens is 2. The van der Waals surface area contributed by atoms with Gasteiger partial charge >= 0.3 is 0 Å². The lowest BCUT2D eigenvalue weighted by molar-refractivity contribution is 0.0940. The molecule has 3 rings (SSSR count). The highest BCUT2D eigenvalue weighted by molar-refractivity contribution is 5.95. The fourth-order valence-corrected chi connectivity index (χ4v) is 3.10. The van der Waals surface area contributed by atoms with Crippen LogP contribution in [0.2, 0.25) is 0 Å². The third kappa shape index (κ3) is 7.19. The zero-order valence-corrected chi connectivity index (χ0v) is 18.2. The van der Waals surface area contributed by atoms with E-state index >= 15 is 0 Å². The van der Waals surface area contributed by atoms with E-state index < -0.39 is 0 Å². The van der Waals surface area contributed by atoms with Crippen LogP contribution >= 0.6 is 0 Å². The van der Waals surface area contributed by atoms with Gasteiger partial charge in [-0.2, -0.15) is 0 Å². The first kappa shape index (κ1) is 22.4. The number of hydrogen-bond donors (Lipinski definition) is 2. The Bertz CT molecular complexity index is 976. The Labute approximate surface area is 184 Å². The Morgan fingerprint density at radius 3 is 2.58 bits per heavy atom. The Morgan fingerprint density at radius 2 is 1.77 bits per heavy atom. The molecule has 1 heterocycles. The Morgan fingerprint density at radius 1 is 0.968 bits per heavy atom. The van der Waals surface area contributed by atoms with Crippen molar-refractivity contribution >= 4 is 17.4 Å². The molecule has 0 saturated carbocycles. The molecule has 0 radical (unpaired) electrons. The van der Waals surface area contributed by atoms with Crippen molar-refractivity contribution in [3.05, 3.63) is 72.1 Å². The number of nitrogens with zero attached hydrogens (tertiary/aromatic N) is 2. The van der Waals surface area contributed by atoms with Crippen LogP contribution in [0.15, 0.2) is 60.7 Å². The van der Waals surface area contributed by atoms with E-state index in [-0.39, 0.29) is 5.91 Å². The van der Waals surface area contributed by atoms with Gasteiger partial charge in [-0.15, -0.1) is 0 Å². The van der Waals surface area contributed by atoms with Crippen molar-refractivity contribution in [1.82, 2.24) is 15.3 Å². The number of carbonyl (C=O) groups excluding carboxylic acids is 1. The van der Waals surface area contributed by atoms with Crippen molar-refractivity contribution in [2.45, 2.75) is 33.1 Å². The van der Waals surface area contributed by atoms with Gasteiger partial charge in [-0.25, -0.2) is 9.97 Å². The van der Waals surface area contributed by atoms with E-state index in [1.807, 2.05) is 61.5 Å². The number of rotatable bonds is 11. The smallest absolute Gasteiger partial charge is 0.251 e. The van der Waals surface area contributed by atoms with Crippen molar-refractivity contribution < 1.29 is 9.53 Å². The molecule has 3 aromatic rings. The van der Waals surface area contributed by atoms with E-state index in [0.717, 1.165) is 42.8 Å². The maximum absolute atomic E-state index is 12.5. The van der Waals surface area contributed by atoms with E-state index in [1.165, 1.54) is 0 Å². The van der Waals surface area contributed by atoms with Gasteiger partial charge in [0.25, 0.3) is 5.91 Å². The molecular weight excluding hydrogens is 388 g/mol. The second-order valence-electron chi connectivity index (χ2n) is 7.33. The van der Waals surface area contributed by atoms with Crippen LogP contribution in [-0.2, 0) is 4.74 Å². The van der Waals surface area contributed by atoms with Crippen LogP contribution in [0.25, 0.3) is 11.3 Å². The van der Waals surface area contributed by atoms with Crippen molar-refractivity contribution in [2.24, 2.45) is 0 Å². The minimum atomic E-state index is -0.0962. The van der Waals surface area contributed by atoms with Crippen LogP contribution in [-0.4, -0.2) is 35.6 Å². The summed E-state index contributed by atoms with van der Waals surface area (Å²) in [4.78, 5) is 21.5. The van der Waals surface area contributed by atoms with Crippen LogP contribution in [0.3, 0.4) is 0 Å². The third-order valence-corrected chi connectivity index (χ3v) is 4.70. The number of unbranched alkanes of at least 4 members (excludes halogenated alkanes) is 1. The summed E-state index contributed by atoms with van der Waals surface area (Å²) in [6.07, 6.45) is 3.00. The molecule has 0 bridgehead atoms. The monoisotopic (exact) mass is 418 g/mol. The van der Waals surface area contributed by atoms with Crippen molar-refractivity contribution in [3.63, 3.8) is 0 Å². The number of benzene rings is 2. The molecule has 2 N–H and O–H groups in total. The van der Waals surface area contributed by atoms with Gasteiger partial charge in [0.1, 0.15) is 11.6 Å². The van der Waals surface area contributed by atoms with Crippen LogP contribution in [0.1, 0.15) is 42.4 Å². The van der Waals surface area contributed by atoms with Gasteiger partial charge in [-0.1, -0.05) is 49.7 Å². The minimum Gasteiger partial charge on any atom is -0.381 e. The first-order valence-electron chi connectivity index (χ1n) is 10.8. The second kappa shape index (κ2) is 11.8. The fraction of sp³-hybridized carbons (Fsp3) is 0.320. The van der Waals surface area contributed by atoms with E-state index in [1.54, 1.807) is 6.07 Å². The molecule has 0 aliphatic carbocycles. The van der Waals surface area contributed by atoms with Crippen molar-refractivity contribution in [3.8, 4) is 11.3 Å². The largest absolute Gasteiger partial charge is 0.381 e. The summed E-state index contributed by atoms with van der Waals surface area (Å²) in [6.45, 7) is 6.05. The maximum Gasteiger partial charge on any atom is 0.251 e. The number of amides is 1. The summed E-state index contributed by atoms with van der Waals surface area (Å²) in [7, 11) is 0. The average Bonchev–Trinajstić information content (AvgIpc) is 2.79. The average molecular weight is 419 g/mol. The molecule has 0 saturated heterocycles. The molecule has 1 aromatic heterocycles. The molecule has 6 heteroatoms. The van der Waals surface area contributed by atoms with Gasteiger partial charge in [0, 0.05) is 42.6 Å². The lowest BCUT2D eigenvalue weighted by atomic mass is 10.1. The van der Waals surface area contributed by atoms with Gasteiger partial charge < -0.3 is 15.4 Å². The zero-order chi connectivity index (χ0) is 21.9. The highest BCUT2D eigenvalue weighted by Gasteiger charge is 2.08. The van der Waals surface area contributed by atoms with Crippen LogP contribution in [0.5, 0.6) is 0 Å². The number of anilines is 2. The molecule has 2 aromatic carbocycles. The molecule has 0 fully saturated rings. The molecule has 0 atom stereocenters. The highest BCUT2D eigenvalue weighted by atomic mass is 16.5. The Hall–Kier alpha value is -3.25. The number of hydrogen-bond acceptors (Lipinski definition) is 5. The predicted molar refractivity (Wildman–Crippen MR) is 125 cm³/mol. The number of aryl methyl sites for hydroxylation is 1. The van der Waals surface area contributed by atoms with Crippen molar-refractivity contribution in [2.75, 3.05) is 25.1 Å². The van der Waals surface area contributed by atoms with Gasteiger partial charge in [0.15, 0.2) is 0 Å². The van der Waals surface area contributed by atoms with Gasteiger partial charge in [0.2, 0.25) is 0 Å². The summed E-state index contributed by atoms with van der Waals surface area (Å²) in [6, 6.07) is 19.3. The Balaban J connectivity index is 1.59. The van der Waals surface area contributed by atoms with Gasteiger partial charge in [-0.3, -0.25) is 4.79 Å². The fourth-order valence-electron chi connectivity index (χ4n) is 3.10. The Kier molecular flexibility index (Phi) is 8.55. The molecule has 0 aliphatic rings. The van der Waals surface area contributed by atoms with Gasteiger partial charge in [0.05, 0.1) is 5.69 Å². The topological polar surface area (TPSA) is 76.1 Å². The molecule has 0 unspecified atom stereocenters. The summed E-state index contributed by atoms with van der Waals surface area (Å²) in [5.41, 5.74) is 3.28. The van der Waals surface area contributed by atoms with Crippen LogP contribution < -0.4 is 10.6 Å². The summed E-state index contributed by atoms with van der Waals surface area (Å²) in [5, 5.41) is 6.24. The van der Waals surface area contributed by atoms with Crippen molar-refractivity contribution in [1.29, 1.82) is 0 Å². The third-order valence-electron chi connectivity index (χ3n) is 4.70. The zero-order valence-electron chi connectivity index (χ0n) is 18.2.